The topological polar surface area (TPSA) is 96.7 Å². The monoisotopic (exact) mass is 533 g/mol. The van der Waals surface area contributed by atoms with E-state index in [4.69, 9.17) is 4.42 Å². The number of hydrogen-bond acceptors (Lipinski definition) is 7. The number of anilines is 1. The number of rotatable bonds is 7. The van der Waals surface area contributed by atoms with Gasteiger partial charge in [0.15, 0.2) is 15.6 Å². The summed E-state index contributed by atoms with van der Waals surface area (Å²) < 4.78 is 8.24. The molecule has 0 aromatic carbocycles. The first-order valence-corrected chi connectivity index (χ1v) is 13.4. The minimum atomic E-state index is -0.144. The molecule has 1 amide bonds. The first-order valence-electron chi connectivity index (χ1n) is 10.8. The van der Waals surface area contributed by atoms with Crippen LogP contribution < -0.4 is 5.32 Å². The molecule has 3 heterocycles. The lowest BCUT2D eigenvalue weighted by Crippen LogP contribution is -2.14. The van der Waals surface area contributed by atoms with Gasteiger partial charge in [-0.05, 0) is 65.7 Å². The molecular formula is C22H24BrN5O2S2. The highest BCUT2D eigenvalue weighted by Gasteiger charge is 2.22. The zero-order chi connectivity index (χ0) is 22.5. The van der Waals surface area contributed by atoms with E-state index in [1.54, 1.807) is 11.3 Å². The number of nitriles is 1. The molecule has 0 saturated heterocycles. The lowest BCUT2D eigenvalue weighted by molar-refractivity contribution is -0.113. The first kappa shape index (κ1) is 23.1. The van der Waals surface area contributed by atoms with Gasteiger partial charge in [-0.1, -0.05) is 31.5 Å². The average molecular weight is 535 g/mol. The maximum absolute atomic E-state index is 12.7. The molecule has 1 aliphatic carbocycles. The molecule has 0 aliphatic heterocycles. The van der Waals surface area contributed by atoms with Crippen molar-refractivity contribution in [3.05, 3.63) is 32.8 Å². The molecule has 0 atom stereocenters. The molecule has 0 saturated carbocycles. The van der Waals surface area contributed by atoms with E-state index in [1.165, 1.54) is 29.5 Å². The number of carbonyl (C=O) groups excluding carboxylic acids is 1. The molecular weight excluding hydrogens is 510 g/mol. The highest BCUT2D eigenvalue weighted by Crippen LogP contribution is 2.37. The van der Waals surface area contributed by atoms with Crippen LogP contribution in [-0.2, 0) is 24.2 Å². The lowest BCUT2D eigenvalue weighted by atomic mass is 9.97. The second kappa shape index (κ2) is 10.7. The fourth-order valence-corrected chi connectivity index (χ4v) is 6.18. The average Bonchev–Trinajstić information content (AvgIpc) is 3.44. The Kier molecular flexibility index (Phi) is 7.71. The fraction of sp³-hybridized carbons (Fsp3) is 0.455. The number of amides is 1. The highest BCUT2D eigenvalue weighted by atomic mass is 79.9. The molecule has 1 N–H and O–H groups in total. The Labute approximate surface area is 203 Å². The van der Waals surface area contributed by atoms with Crippen molar-refractivity contribution in [3.63, 3.8) is 0 Å². The number of thioether (sulfide) groups is 1. The smallest absolute Gasteiger partial charge is 0.235 e. The number of thiophene rings is 1. The maximum atomic E-state index is 12.7. The summed E-state index contributed by atoms with van der Waals surface area (Å²) in [6.07, 6.45) is 7.49. The Bertz CT molecular complexity index is 1140. The normalized spacial score (nSPS) is 13.8. The Hall–Kier alpha value is -2.09. The van der Waals surface area contributed by atoms with Crippen LogP contribution in [0.25, 0.3) is 11.6 Å². The van der Waals surface area contributed by atoms with Crippen LogP contribution >= 0.6 is 39.0 Å². The summed E-state index contributed by atoms with van der Waals surface area (Å²) in [6, 6.07) is 5.99. The van der Waals surface area contributed by atoms with Crippen LogP contribution in [0, 0.1) is 11.3 Å². The summed E-state index contributed by atoms with van der Waals surface area (Å²) in [5.74, 6) is 1.32. The number of halogens is 1. The SMILES string of the molecule is CCCn1c(SCC(=O)Nc2sc3c(c2C#N)CCCCCC3)nnc1-c1ccc(Br)o1. The molecule has 4 rings (SSSR count). The van der Waals surface area contributed by atoms with Crippen molar-refractivity contribution in [1.29, 1.82) is 5.26 Å². The summed E-state index contributed by atoms with van der Waals surface area (Å²) in [5.41, 5.74) is 1.78. The van der Waals surface area contributed by atoms with Gasteiger partial charge in [0.25, 0.3) is 0 Å². The maximum Gasteiger partial charge on any atom is 0.235 e. The van der Waals surface area contributed by atoms with Gasteiger partial charge in [-0.2, -0.15) is 5.26 Å². The van der Waals surface area contributed by atoms with Crippen LogP contribution in [-0.4, -0.2) is 26.4 Å². The van der Waals surface area contributed by atoms with Gasteiger partial charge in [-0.25, -0.2) is 0 Å². The summed E-state index contributed by atoms with van der Waals surface area (Å²) in [4.78, 5) is 14.0. The molecule has 0 bridgehead atoms. The predicted octanol–water partition coefficient (Wildman–Crippen LogP) is 6.03. The van der Waals surface area contributed by atoms with E-state index in [0.717, 1.165) is 44.2 Å². The quantitative estimate of drug-likeness (QED) is 0.372. The molecule has 1 aliphatic rings. The van der Waals surface area contributed by atoms with Crippen molar-refractivity contribution < 1.29 is 9.21 Å². The Balaban J connectivity index is 1.46. The van der Waals surface area contributed by atoms with Crippen LogP contribution in [0.4, 0.5) is 5.00 Å². The summed E-state index contributed by atoms with van der Waals surface area (Å²) in [6.45, 7) is 2.80. The molecule has 0 unspecified atom stereocenters. The largest absolute Gasteiger partial charge is 0.446 e. The number of fused-ring (bicyclic) bond motifs is 1. The summed E-state index contributed by atoms with van der Waals surface area (Å²) in [5, 5.41) is 22.6. The number of nitrogens with one attached hydrogen (secondary N) is 1. The van der Waals surface area contributed by atoms with Gasteiger partial charge in [0.2, 0.25) is 11.7 Å². The standard InChI is InChI=1S/C22H24BrN5O2S2/c1-2-11-28-20(16-9-10-18(23)30-16)26-27-22(28)31-13-19(29)25-21-15(12-24)14-7-5-3-4-6-8-17(14)32-21/h9-10H,2-8,11,13H2,1H3,(H,25,29). The number of aryl methyl sites for hydroxylation is 1. The van der Waals surface area contributed by atoms with Gasteiger partial charge < -0.3 is 9.73 Å². The van der Waals surface area contributed by atoms with Crippen LogP contribution in [0.3, 0.4) is 0 Å². The molecule has 7 nitrogen and oxygen atoms in total. The van der Waals surface area contributed by atoms with E-state index in [9.17, 15) is 10.1 Å². The third-order valence-corrected chi connectivity index (χ3v) is 7.93. The summed E-state index contributed by atoms with van der Waals surface area (Å²) >= 11 is 6.22. The Morgan fingerprint density at radius 3 is 2.84 bits per heavy atom. The van der Waals surface area contributed by atoms with Crippen molar-refractivity contribution >= 4 is 49.9 Å². The van der Waals surface area contributed by atoms with Gasteiger partial charge in [0.05, 0.1) is 11.3 Å². The van der Waals surface area contributed by atoms with Crippen molar-refractivity contribution in [1.82, 2.24) is 14.8 Å². The third-order valence-electron chi connectivity index (χ3n) is 5.33. The van der Waals surface area contributed by atoms with Crippen LogP contribution in [0.15, 0.2) is 26.4 Å². The number of nitrogens with zero attached hydrogens (tertiary/aromatic N) is 4. The van der Waals surface area contributed by atoms with Crippen LogP contribution in [0.1, 0.15) is 55.0 Å². The Morgan fingerprint density at radius 1 is 1.31 bits per heavy atom. The highest BCUT2D eigenvalue weighted by molar-refractivity contribution is 9.10. The van der Waals surface area contributed by atoms with Crippen LogP contribution in [0.2, 0.25) is 0 Å². The molecule has 3 aromatic heterocycles. The second-order valence-electron chi connectivity index (χ2n) is 7.63. The van der Waals surface area contributed by atoms with Gasteiger partial charge >= 0.3 is 0 Å². The van der Waals surface area contributed by atoms with Gasteiger partial charge in [-0.3, -0.25) is 9.36 Å². The van der Waals surface area contributed by atoms with Gasteiger partial charge in [0, 0.05) is 11.4 Å². The van der Waals surface area contributed by atoms with E-state index >= 15 is 0 Å². The Morgan fingerprint density at radius 2 is 2.12 bits per heavy atom. The van der Waals surface area contributed by atoms with Crippen molar-refractivity contribution in [2.24, 2.45) is 0 Å². The summed E-state index contributed by atoms with van der Waals surface area (Å²) in [7, 11) is 0. The van der Waals surface area contributed by atoms with Crippen LogP contribution in [0.5, 0.6) is 0 Å². The second-order valence-corrected chi connectivity index (χ2v) is 10.5. The van der Waals surface area contributed by atoms with Crippen molar-refractivity contribution in [2.45, 2.75) is 63.6 Å². The molecule has 0 fully saturated rings. The molecule has 10 heteroatoms. The zero-order valence-corrected chi connectivity index (χ0v) is 21.0. The molecule has 3 aromatic rings. The number of aromatic nitrogens is 3. The minimum absolute atomic E-state index is 0.144. The lowest BCUT2D eigenvalue weighted by Gasteiger charge is -2.09. The minimum Gasteiger partial charge on any atom is -0.446 e. The predicted molar refractivity (Wildman–Crippen MR) is 130 cm³/mol. The van der Waals surface area contributed by atoms with Gasteiger partial charge in [-0.15, -0.1) is 21.5 Å². The van der Waals surface area contributed by atoms with Crippen molar-refractivity contribution in [3.8, 4) is 17.7 Å². The number of furan rings is 1. The van der Waals surface area contributed by atoms with Gasteiger partial charge in [0.1, 0.15) is 11.1 Å². The molecule has 32 heavy (non-hydrogen) atoms. The van der Waals surface area contributed by atoms with Crippen molar-refractivity contribution in [2.75, 3.05) is 11.1 Å². The fourth-order valence-electron chi connectivity index (χ4n) is 3.86. The first-order chi connectivity index (χ1) is 15.6. The van der Waals surface area contributed by atoms with E-state index in [-0.39, 0.29) is 11.7 Å². The molecule has 0 radical (unpaired) electrons. The third kappa shape index (κ3) is 5.11. The van der Waals surface area contributed by atoms with E-state index in [0.29, 0.717) is 32.0 Å². The molecule has 168 valence electrons. The zero-order valence-electron chi connectivity index (χ0n) is 17.8. The van der Waals surface area contributed by atoms with E-state index < -0.39 is 0 Å². The van der Waals surface area contributed by atoms with E-state index in [2.05, 4.69) is 44.4 Å². The van der Waals surface area contributed by atoms with E-state index in [1.807, 2.05) is 16.7 Å². The number of hydrogen-bond donors (Lipinski definition) is 1. The molecule has 0 spiro atoms. The number of carbonyl (C=O) groups is 1.